The molecule has 2 heterocycles. The van der Waals surface area contributed by atoms with Crippen LogP contribution < -0.4 is 5.56 Å². The molecule has 23 heavy (non-hydrogen) atoms. The first-order valence-corrected chi connectivity index (χ1v) is 7.21. The normalized spacial score (nSPS) is 10.9. The van der Waals surface area contributed by atoms with Crippen molar-refractivity contribution in [3.63, 3.8) is 0 Å². The molecule has 4 aromatic rings. The molecule has 1 N–H and O–H groups in total. The summed E-state index contributed by atoms with van der Waals surface area (Å²) in [5.41, 5.74) is 3.57. The SMILES string of the molecule is N#Cc1ccc(Cn2cnc3c([nH]c4ccccc43)c2=O)cc1. The summed E-state index contributed by atoms with van der Waals surface area (Å²) in [6, 6.07) is 17.0. The summed E-state index contributed by atoms with van der Waals surface area (Å²) in [7, 11) is 0. The standard InChI is InChI=1S/C18H12N4O/c19-9-12-5-7-13(8-6-12)10-22-11-20-16-14-3-1-2-4-15(14)21-17(16)18(22)23/h1-8,11,21H,10H2. The zero-order valence-electron chi connectivity index (χ0n) is 12.2. The monoisotopic (exact) mass is 300 g/mol. The second-order valence-electron chi connectivity index (χ2n) is 5.38. The molecule has 2 aromatic carbocycles. The molecule has 0 atom stereocenters. The van der Waals surface area contributed by atoms with Crippen LogP contribution in [-0.4, -0.2) is 14.5 Å². The van der Waals surface area contributed by atoms with Gasteiger partial charge in [0.2, 0.25) is 0 Å². The Morgan fingerprint density at radius 3 is 2.70 bits per heavy atom. The van der Waals surface area contributed by atoms with Crippen LogP contribution in [0, 0.1) is 11.3 Å². The minimum Gasteiger partial charge on any atom is -0.349 e. The maximum absolute atomic E-state index is 12.7. The van der Waals surface area contributed by atoms with Crippen molar-refractivity contribution in [3.8, 4) is 6.07 Å². The Kier molecular flexibility index (Phi) is 2.95. The average Bonchev–Trinajstić information content (AvgIpc) is 2.98. The molecule has 4 rings (SSSR count). The predicted octanol–water partition coefficient (Wildman–Crippen LogP) is 2.80. The minimum absolute atomic E-state index is 0.101. The highest BCUT2D eigenvalue weighted by molar-refractivity contribution is 6.04. The van der Waals surface area contributed by atoms with Crippen molar-refractivity contribution in [3.05, 3.63) is 76.3 Å². The summed E-state index contributed by atoms with van der Waals surface area (Å²) in [4.78, 5) is 20.3. The van der Waals surface area contributed by atoms with Gasteiger partial charge in [0, 0.05) is 10.9 Å². The molecule has 0 aliphatic rings. The zero-order chi connectivity index (χ0) is 15.8. The third kappa shape index (κ3) is 2.17. The van der Waals surface area contributed by atoms with Crippen LogP contribution >= 0.6 is 0 Å². The van der Waals surface area contributed by atoms with Crippen LogP contribution in [0.25, 0.3) is 21.9 Å². The molecule has 0 aliphatic carbocycles. The largest absolute Gasteiger partial charge is 0.349 e. The van der Waals surface area contributed by atoms with E-state index in [0.717, 1.165) is 16.5 Å². The van der Waals surface area contributed by atoms with Crippen LogP contribution in [0.3, 0.4) is 0 Å². The van der Waals surface area contributed by atoms with Crippen molar-refractivity contribution in [1.82, 2.24) is 14.5 Å². The van der Waals surface area contributed by atoms with Crippen molar-refractivity contribution in [2.45, 2.75) is 6.54 Å². The third-order valence-electron chi connectivity index (χ3n) is 3.92. The number of nitrogens with zero attached hydrogens (tertiary/aromatic N) is 3. The van der Waals surface area contributed by atoms with Gasteiger partial charge in [0.05, 0.1) is 24.5 Å². The molecule has 0 saturated heterocycles. The molecule has 0 radical (unpaired) electrons. The molecule has 110 valence electrons. The highest BCUT2D eigenvalue weighted by Crippen LogP contribution is 2.20. The highest BCUT2D eigenvalue weighted by Gasteiger charge is 2.10. The van der Waals surface area contributed by atoms with Gasteiger partial charge in [-0.25, -0.2) is 4.98 Å². The minimum atomic E-state index is -0.101. The van der Waals surface area contributed by atoms with Gasteiger partial charge >= 0.3 is 0 Å². The zero-order valence-corrected chi connectivity index (χ0v) is 12.2. The lowest BCUT2D eigenvalue weighted by Crippen LogP contribution is -2.21. The molecular formula is C18H12N4O. The molecule has 0 spiro atoms. The molecule has 0 aliphatic heterocycles. The van der Waals surface area contributed by atoms with E-state index >= 15 is 0 Å². The maximum atomic E-state index is 12.7. The van der Waals surface area contributed by atoms with E-state index in [1.54, 1.807) is 23.0 Å². The van der Waals surface area contributed by atoms with Gasteiger partial charge < -0.3 is 4.98 Å². The van der Waals surface area contributed by atoms with Crippen LogP contribution in [0.4, 0.5) is 0 Å². The molecule has 5 heteroatoms. The molecule has 0 bridgehead atoms. The first-order chi connectivity index (χ1) is 11.3. The van der Waals surface area contributed by atoms with Crippen LogP contribution in [0.2, 0.25) is 0 Å². The number of benzene rings is 2. The van der Waals surface area contributed by atoms with Gasteiger partial charge in [-0.1, -0.05) is 30.3 Å². The third-order valence-corrected chi connectivity index (χ3v) is 3.92. The Balaban J connectivity index is 1.81. The van der Waals surface area contributed by atoms with Crippen molar-refractivity contribution in [2.24, 2.45) is 0 Å². The van der Waals surface area contributed by atoms with Gasteiger partial charge in [-0.15, -0.1) is 0 Å². The van der Waals surface area contributed by atoms with E-state index in [-0.39, 0.29) is 5.56 Å². The summed E-state index contributed by atoms with van der Waals surface area (Å²) in [6.07, 6.45) is 1.57. The Bertz CT molecular complexity index is 1110. The topological polar surface area (TPSA) is 74.5 Å². The maximum Gasteiger partial charge on any atom is 0.277 e. The molecule has 0 fully saturated rings. The molecule has 0 unspecified atom stereocenters. The fourth-order valence-electron chi connectivity index (χ4n) is 2.73. The fraction of sp³-hybridized carbons (Fsp3) is 0.0556. The fourth-order valence-corrected chi connectivity index (χ4v) is 2.73. The van der Waals surface area contributed by atoms with Crippen LogP contribution in [0.5, 0.6) is 0 Å². The summed E-state index contributed by atoms with van der Waals surface area (Å²) >= 11 is 0. The average molecular weight is 300 g/mol. The van der Waals surface area contributed by atoms with Crippen LogP contribution in [0.15, 0.2) is 59.7 Å². The Morgan fingerprint density at radius 2 is 1.91 bits per heavy atom. The smallest absolute Gasteiger partial charge is 0.277 e. The second kappa shape index (κ2) is 5.11. The summed E-state index contributed by atoms with van der Waals surface area (Å²) < 4.78 is 1.57. The summed E-state index contributed by atoms with van der Waals surface area (Å²) in [6.45, 7) is 0.419. The van der Waals surface area contributed by atoms with Gasteiger partial charge in [-0.05, 0) is 23.8 Å². The van der Waals surface area contributed by atoms with Crippen molar-refractivity contribution in [1.29, 1.82) is 5.26 Å². The number of aromatic amines is 1. The number of nitrogens with one attached hydrogen (secondary N) is 1. The first-order valence-electron chi connectivity index (χ1n) is 7.21. The lowest BCUT2D eigenvalue weighted by Gasteiger charge is -2.05. The van der Waals surface area contributed by atoms with Crippen molar-refractivity contribution >= 4 is 21.9 Å². The Labute approximate surface area is 131 Å². The number of hydrogen-bond acceptors (Lipinski definition) is 3. The Morgan fingerprint density at radius 1 is 1.13 bits per heavy atom. The lowest BCUT2D eigenvalue weighted by atomic mass is 10.1. The van der Waals surface area contributed by atoms with E-state index in [1.165, 1.54) is 0 Å². The number of rotatable bonds is 2. The van der Waals surface area contributed by atoms with Crippen LogP contribution in [-0.2, 0) is 6.54 Å². The molecule has 0 amide bonds. The number of nitriles is 1. The second-order valence-corrected chi connectivity index (χ2v) is 5.38. The quantitative estimate of drug-likeness (QED) is 0.618. The number of para-hydroxylation sites is 1. The van der Waals surface area contributed by atoms with E-state index in [0.29, 0.717) is 23.1 Å². The molecular weight excluding hydrogens is 288 g/mol. The van der Waals surface area contributed by atoms with E-state index in [2.05, 4.69) is 16.0 Å². The van der Waals surface area contributed by atoms with Crippen molar-refractivity contribution in [2.75, 3.05) is 0 Å². The van der Waals surface area contributed by atoms with E-state index < -0.39 is 0 Å². The first kappa shape index (κ1) is 13.3. The number of hydrogen-bond donors (Lipinski definition) is 1. The van der Waals surface area contributed by atoms with Gasteiger partial charge in [0.25, 0.3) is 5.56 Å². The van der Waals surface area contributed by atoms with Gasteiger partial charge in [0.15, 0.2) is 0 Å². The van der Waals surface area contributed by atoms with Crippen molar-refractivity contribution < 1.29 is 0 Å². The van der Waals surface area contributed by atoms with Gasteiger partial charge in [-0.3, -0.25) is 9.36 Å². The highest BCUT2D eigenvalue weighted by atomic mass is 16.1. The summed E-state index contributed by atoms with van der Waals surface area (Å²) in [5, 5.41) is 9.78. The number of aromatic nitrogens is 3. The predicted molar refractivity (Wildman–Crippen MR) is 88.1 cm³/mol. The molecule has 0 saturated carbocycles. The van der Waals surface area contributed by atoms with E-state index in [9.17, 15) is 4.79 Å². The van der Waals surface area contributed by atoms with Crippen LogP contribution in [0.1, 0.15) is 11.1 Å². The summed E-state index contributed by atoms with van der Waals surface area (Å²) in [5.74, 6) is 0. The van der Waals surface area contributed by atoms with E-state index in [4.69, 9.17) is 5.26 Å². The molecule has 2 aromatic heterocycles. The van der Waals surface area contributed by atoms with E-state index in [1.807, 2.05) is 36.4 Å². The lowest BCUT2D eigenvalue weighted by molar-refractivity contribution is 0.747. The molecule has 5 nitrogen and oxygen atoms in total. The number of H-pyrrole nitrogens is 1. The number of fused-ring (bicyclic) bond motifs is 3. The Hall–Kier alpha value is -3.39. The van der Waals surface area contributed by atoms with Gasteiger partial charge in [0.1, 0.15) is 11.0 Å². The van der Waals surface area contributed by atoms with Gasteiger partial charge in [-0.2, -0.15) is 5.26 Å².